The fourth-order valence-corrected chi connectivity index (χ4v) is 3.16. The van der Waals surface area contributed by atoms with Crippen LogP contribution in [0.2, 0.25) is 0 Å². The Labute approximate surface area is 165 Å². The number of nitriles is 1. The van der Waals surface area contributed by atoms with E-state index in [0.717, 1.165) is 27.8 Å². The van der Waals surface area contributed by atoms with E-state index in [9.17, 15) is 15.5 Å². The summed E-state index contributed by atoms with van der Waals surface area (Å²) in [7, 11) is 3.88. The molecular formula is C24H22N2O2. The van der Waals surface area contributed by atoms with E-state index < -0.39 is 0 Å². The fraction of sp³-hybridized carbons (Fsp3) is 0.125. The molecule has 3 aromatic carbocycles. The first-order valence-corrected chi connectivity index (χ1v) is 8.96. The summed E-state index contributed by atoms with van der Waals surface area (Å²) in [5.41, 5.74) is 4.54. The molecule has 0 aliphatic heterocycles. The fourth-order valence-electron chi connectivity index (χ4n) is 3.16. The quantitative estimate of drug-likeness (QED) is 0.507. The molecule has 0 bridgehead atoms. The zero-order valence-corrected chi connectivity index (χ0v) is 15.9. The van der Waals surface area contributed by atoms with Crippen LogP contribution >= 0.6 is 0 Å². The number of phenols is 2. The molecule has 0 aliphatic rings. The highest BCUT2D eigenvalue weighted by Crippen LogP contribution is 2.35. The molecule has 0 atom stereocenters. The number of benzene rings is 3. The highest BCUT2D eigenvalue weighted by Gasteiger charge is 2.16. The summed E-state index contributed by atoms with van der Waals surface area (Å²) < 4.78 is 0. The van der Waals surface area contributed by atoms with Crippen molar-refractivity contribution < 1.29 is 10.2 Å². The van der Waals surface area contributed by atoms with Gasteiger partial charge in [0.15, 0.2) is 0 Å². The number of phenolic OH excluding ortho intramolecular Hbond substituents is 2. The summed E-state index contributed by atoms with van der Waals surface area (Å²) in [4.78, 5) is 1.98. The lowest BCUT2D eigenvalue weighted by atomic mass is 9.89. The van der Waals surface area contributed by atoms with Crippen LogP contribution in [0.25, 0.3) is 11.1 Å². The molecule has 0 saturated heterocycles. The summed E-state index contributed by atoms with van der Waals surface area (Å²) in [5, 5.41) is 29.9. The van der Waals surface area contributed by atoms with E-state index in [1.165, 1.54) is 0 Å². The minimum Gasteiger partial charge on any atom is -0.508 e. The van der Waals surface area contributed by atoms with Gasteiger partial charge in [0, 0.05) is 17.7 Å². The van der Waals surface area contributed by atoms with Gasteiger partial charge in [0.25, 0.3) is 0 Å². The Bertz CT molecular complexity index is 1030. The van der Waals surface area contributed by atoms with Crippen molar-refractivity contribution in [1.82, 2.24) is 4.90 Å². The molecule has 0 aliphatic carbocycles. The normalized spacial score (nSPS) is 11.8. The van der Waals surface area contributed by atoms with Crippen molar-refractivity contribution in [3.8, 4) is 17.6 Å². The lowest BCUT2D eigenvalue weighted by Crippen LogP contribution is -2.11. The molecular weight excluding hydrogens is 348 g/mol. The van der Waals surface area contributed by atoms with E-state index in [1.54, 1.807) is 30.3 Å². The first-order chi connectivity index (χ1) is 13.5. The third kappa shape index (κ3) is 4.22. The Morgan fingerprint density at radius 1 is 0.857 bits per heavy atom. The number of aromatic hydroxyl groups is 2. The summed E-state index contributed by atoms with van der Waals surface area (Å²) in [6.45, 7) is 0.579. The van der Waals surface area contributed by atoms with Crippen molar-refractivity contribution in [3.05, 3.63) is 95.1 Å². The average molecular weight is 370 g/mol. The van der Waals surface area contributed by atoms with Gasteiger partial charge in [-0.3, -0.25) is 0 Å². The standard InChI is InChI=1S/C24H22N2O2/c1-26(2)16-20-14-19(10-13-23(20)28)24(18-8-11-21(27)12-9-18)22(15-25)17-6-4-3-5-7-17/h3-14,27-28H,16H2,1-2H3. The third-order valence-electron chi connectivity index (χ3n) is 4.43. The predicted octanol–water partition coefficient (Wildman–Crippen LogP) is 4.64. The maximum Gasteiger partial charge on any atom is 0.120 e. The van der Waals surface area contributed by atoms with Crippen LogP contribution in [0.15, 0.2) is 72.8 Å². The summed E-state index contributed by atoms with van der Waals surface area (Å²) in [6.07, 6.45) is 0. The molecule has 0 spiro atoms. The van der Waals surface area contributed by atoms with Crippen LogP contribution in [0.3, 0.4) is 0 Å². The van der Waals surface area contributed by atoms with Gasteiger partial charge in [-0.1, -0.05) is 48.5 Å². The van der Waals surface area contributed by atoms with Crippen molar-refractivity contribution in [2.24, 2.45) is 0 Å². The minimum atomic E-state index is 0.167. The second-order valence-corrected chi connectivity index (χ2v) is 6.86. The van der Waals surface area contributed by atoms with Crippen LogP contribution in [0.5, 0.6) is 11.5 Å². The Kier molecular flexibility index (Phi) is 5.78. The lowest BCUT2D eigenvalue weighted by molar-refractivity contribution is 0.386. The molecule has 3 aromatic rings. The van der Waals surface area contributed by atoms with E-state index in [4.69, 9.17) is 0 Å². The van der Waals surface area contributed by atoms with Gasteiger partial charge in [-0.15, -0.1) is 0 Å². The number of allylic oxidation sites excluding steroid dienone is 1. The van der Waals surface area contributed by atoms with Crippen LogP contribution in [0.4, 0.5) is 0 Å². The molecule has 0 unspecified atom stereocenters. The van der Waals surface area contributed by atoms with E-state index in [1.807, 2.05) is 61.5 Å². The van der Waals surface area contributed by atoms with Crippen molar-refractivity contribution in [3.63, 3.8) is 0 Å². The smallest absolute Gasteiger partial charge is 0.120 e. The zero-order valence-electron chi connectivity index (χ0n) is 15.9. The Balaban J connectivity index is 2.27. The predicted molar refractivity (Wildman–Crippen MR) is 112 cm³/mol. The summed E-state index contributed by atoms with van der Waals surface area (Å²) >= 11 is 0. The number of hydrogen-bond acceptors (Lipinski definition) is 4. The van der Waals surface area contributed by atoms with Crippen molar-refractivity contribution in [1.29, 1.82) is 5.26 Å². The summed E-state index contributed by atoms with van der Waals surface area (Å²) in [5.74, 6) is 0.390. The third-order valence-corrected chi connectivity index (χ3v) is 4.43. The zero-order chi connectivity index (χ0) is 20.1. The second kappa shape index (κ2) is 8.43. The molecule has 0 radical (unpaired) electrons. The maximum atomic E-state index is 10.2. The van der Waals surface area contributed by atoms with Crippen LogP contribution < -0.4 is 0 Å². The second-order valence-electron chi connectivity index (χ2n) is 6.86. The highest BCUT2D eigenvalue weighted by atomic mass is 16.3. The highest BCUT2D eigenvalue weighted by molar-refractivity contribution is 6.03. The molecule has 0 saturated carbocycles. The molecule has 4 heteroatoms. The SMILES string of the molecule is CN(C)Cc1cc(C(=C(C#N)c2ccccc2)c2ccc(O)cc2)ccc1O. The van der Waals surface area contributed by atoms with Crippen molar-refractivity contribution in [2.45, 2.75) is 6.54 Å². The monoisotopic (exact) mass is 370 g/mol. The Hall–Kier alpha value is -3.55. The first kappa shape index (κ1) is 19.2. The molecule has 2 N–H and O–H groups in total. The van der Waals surface area contributed by atoms with E-state index in [0.29, 0.717) is 12.1 Å². The van der Waals surface area contributed by atoms with Gasteiger partial charge >= 0.3 is 0 Å². The molecule has 0 aromatic heterocycles. The van der Waals surface area contributed by atoms with Crippen molar-refractivity contribution >= 4 is 11.1 Å². The van der Waals surface area contributed by atoms with E-state index in [-0.39, 0.29) is 11.5 Å². The summed E-state index contributed by atoms with van der Waals surface area (Å²) in [6, 6.07) is 24.1. The van der Waals surface area contributed by atoms with Crippen LogP contribution in [-0.2, 0) is 6.54 Å². The van der Waals surface area contributed by atoms with Gasteiger partial charge in [-0.25, -0.2) is 0 Å². The van der Waals surface area contributed by atoms with Gasteiger partial charge in [-0.2, -0.15) is 5.26 Å². The minimum absolute atomic E-state index is 0.167. The molecule has 0 heterocycles. The van der Waals surface area contributed by atoms with Crippen molar-refractivity contribution in [2.75, 3.05) is 14.1 Å². The topological polar surface area (TPSA) is 67.5 Å². The van der Waals surface area contributed by atoms with Gasteiger partial charge < -0.3 is 15.1 Å². The molecule has 28 heavy (non-hydrogen) atoms. The number of rotatable bonds is 5. The number of nitrogens with zero attached hydrogens (tertiary/aromatic N) is 2. The molecule has 4 nitrogen and oxygen atoms in total. The van der Waals surface area contributed by atoms with Crippen LogP contribution in [0, 0.1) is 11.3 Å². The largest absolute Gasteiger partial charge is 0.508 e. The molecule has 140 valence electrons. The molecule has 0 amide bonds. The van der Waals surface area contributed by atoms with Gasteiger partial charge in [0.2, 0.25) is 0 Å². The van der Waals surface area contributed by atoms with Crippen LogP contribution in [-0.4, -0.2) is 29.2 Å². The number of hydrogen-bond donors (Lipinski definition) is 2. The van der Waals surface area contributed by atoms with Gasteiger partial charge in [0.1, 0.15) is 17.6 Å². The van der Waals surface area contributed by atoms with Crippen LogP contribution in [0.1, 0.15) is 22.3 Å². The Morgan fingerprint density at radius 3 is 2.11 bits per heavy atom. The van der Waals surface area contributed by atoms with E-state index in [2.05, 4.69) is 6.07 Å². The molecule has 0 fully saturated rings. The van der Waals surface area contributed by atoms with E-state index >= 15 is 0 Å². The average Bonchev–Trinajstić information content (AvgIpc) is 2.69. The maximum absolute atomic E-state index is 10.2. The van der Waals surface area contributed by atoms with Gasteiger partial charge in [0.05, 0.1) is 5.57 Å². The molecule has 3 rings (SSSR count). The van der Waals surface area contributed by atoms with Gasteiger partial charge in [-0.05, 0) is 55.1 Å². The first-order valence-electron chi connectivity index (χ1n) is 8.96. The lowest BCUT2D eigenvalue weighted by Gasteiger charge is -2.16. The Morgan fingerprint density at radius 2 is 1.50 bits per heavy atom.